The van der Waals surface area contributed by atoms with Crippen LogP contribution in [0, 0.1) is 0 Å². The maximum Gasteiger partial charge on any atom is 0.247 e. The van der Waals surface area contributed by atoms with Crippen LogP contribution in [0.15, 0.2) is 83.9 Å². The molecule has 0 spiro atoms. The summed E-state index contributed by atoms with van der Waals surface area (Å²) >= 11 is 5.96. The molecule has 41 heavy (non-hydrogen) atoms. The van der Waals surface area contributed by atoms with Crippen molar-refractivity contribution in [1.29, 1.82) is 0 Å². The van der Waals surface area contributed by atoms with Gasteiger partial charge in [-0.3, -0.25) is 4.79 Å². The monoisotopic (exact) mass is 587 g/mol. The highest BCUT2D eigenvalue weighted by molar-refractivity contribution is 7.91. The minimum Gasteiger partial charge on any atom is -0.495 e. The maximum atomic E-state index is 12.8. The maximum absolute atomic E-state index is 12.8. The summed E-state index contributed by atoms with van der Waals surface area (Å²) in [5.74, 6) is 0.429. The number of halogens is 1. The first-order chi connectivity index (χ1) is 19.7. The molecule has 208 valence electrons. The van der Waals surface area contributed by atoms with Gasteiger partial charge in [0.25, 0.3) is 0 Å². The number of amides is 1. The molecule has 1 amide bonds. The Labute approximate surface area is 242 Å². The van der Waals surface area contributed by atoms with Crippen LogP contribution in [0.1, 0.15) is 24.0 Å². The number of carbonyl (C=O) groups excluding carboxylic acids is 1. The van der Waals surface area contributed by atoms with Crippen LogP contribution in [0.25, 0.3) is 16.8 Å². The number of methoxy groups -OCH3 is 1. The third-order valence-electron chi connectivity index (χ3n) is 7.18. The fraction of sp³-hybridized carbons (Fsp3) is 0.167. The molecule has 0 saturated carbocycles. The van der Waals surface area contributed by atoms with E-state index in [4.69, 9.17) is 16.3 Å². The summed E-state index contributed by atoms with van der Waals surface area (Å²) in [5.41, 5.74) is 5.44. The van der Waals surface area contributed by atoms with Crippen molar-refractivity contribution in [2.24, 2.45) is 0 Å². The summed E-state index contributed by atoms with van der Waals surface area (Å²) in [5, 5.41) is 11.3. The van der Waals surface area contributed by atoms with Crippen molar-refractivity contribution < 1.29 is 17.9 Å². The number of anilines is 3. The van der Waals surface area contributed by atoms with E-state index in [0.29, 0.717) is 45.1 Å². The van der Waals surface area contributed by atoms with Crippen molar-refractivity contribution in [3.8, 4) is 16.9 Å². The van der Waals surface area contributed by atoms with Gasteiger partial charge in [0.15, 0.2) is 15.5 Å². The van der Waals surface area contributed by atoms with Crippen molar-refractivity contribution >= 4 is 50.3 Å². The molecule has 0 saturated heterocycles. The number of ether oxygens (including phenoxy) is 1. The quantitative estimate of drug-likeness (QED) is 0.244. The van der Waals surface area contributed by atoms with Crippen molar-refractivity contribution in [2.45, 2.75) is 24.2 Å². The van der Waals surface area contributed by atoms with Crippen molar-refractivity contribution in [2.75, 3.05) is 23.5 Å². The lowest BCUT2D eigenvalue weighted by Crippen LogP contribution is -2.18. The molecule has 0 radical (unpaired) electrons. The van der Waals surface area contributed by atoms with Gasteiger partial charge in [-0.2, -0.15) is 4.98 Å². The van der Waals surface area contributed by atoms with E-state index in [2.05, 4.69) is 20.7 Å². The standard InChI is InChI=1S/C30H26ClN5O4S/c1-18(19-3-8-23(31)9-4-19)29(37)32-24-10-5-20(6-11-24)22-7-12-28-34-30(35-36(28)17-22)33-25-15-21-13-14-41(38,39)27(21)16-26(25)40-2/h3-12,15-18H,13-14H2,1-2H3,(H,32,37)(H,33,35)/t18-/m1/s1. The Hall–Kier alpha value is -4.41. The summed E-state index contributed by atoms with van der Waals surface area (Å²) in [4.78, 5) is 17.6. The lowest BCUT2D eigenvalue weighted by molar-refractivity contribution is -0.117. The topological polar surface area (TPSA) is 115 Å². The zero-order valence-electron chi connectivity index (χ0n) is 22.3. The number of benzene rings is 3. The highest BCUT2D eigenvalue weighted by Crippen LogP contribution is 2.36. The summed E-state index contributed by atoms with van der Waals surface area (Å²) in [7, 11) is -1.78. The fourth-order valence-corrected chi connectivity index (χ4v) is 6.52. The van der Waals surface area contributed by atoms with E-state index < -0.39 is 9.84 Å². The highest BCUT2D eigenvalue weighted by atomic mass is 35.5. The first-order valence-electron chi connectivity index (χ1n) is 12.9. The molecule has 2 N–H and O–H groups in total. The van der Waals surface area contributed by atoms with Crippen LogP contribution in [-0.4, -0.2) is 41.8 Å². The van der Waals surface area contributed by atoms with Crippen LogP contribution in [0.3, 0.4) is 0 Å². The lowest BCUT2D eigenvalue weighted by atomic mass is 10.0. The molecule has 0 unspecified atom stereocenters. The van der Waals surface area contributed by atoms with Gasteiger partial charge in [0, 0.05) is 28.5 Å². The number of carbonyl (C=O) groups is 1. The minimum atomic E-state index is -3.27. The Bertz CT molecular complexity index is 1890. The van der Waals surface area contributed by atoms with Crippen molar-refractivity contribution in [3.05, 3.63) is 95.1 Å². The molecule has 11 heteroatoms. The Morgan fingerprint density at radius 3 is 2.49 bits per heavy atom. The zero-order valence-corrected chi connectivity index (χ0v) is 23.8. The second-order valence-electron chi connectivity index (χ2n) is 9.85. The normalized spacial score (nSPS) is 14.4. The molecule has 0 bridgehead atoms. The predicted octanol–water partition coefficient (Wildman–Crippen LogP) is 5.87. The van der Waals surface area contributed by atoms with E-state index >= 15 is 0 Å². The van der Waals surface area contributed by atoms with Crippen molar-refractivity contribution in [3.63, 3.8) is 0 Å². The largest absolute Gasteiger partial charge is 0.495 e. The molecule has 9 nitrogen and oxygen atoms in total. The van der Waals surface area contributed by atoms with Crippen LogP contribution >= 0.6 is 11.6 Å². The first-order valence-corrected chi connectivity index (χ1v) is 15.0. The highest BCUT2D eigenvalue weighted by Gasteiger charge is 2.28. The van der Waals surface area contributed by atoms with Gasteiger partial charge in [-0.05, 0) is 72.5 Å². The molecule has 3 heterocycles. The third kappa shape index (κ3) is 5.36. The van der Waals surface area contributed by atoms with Crippen LogP contribution in [0.5, 0.6) is 5.75 Å². The number of fused-ring (bicyclic) bond motifs is 2. The summed E-state index contributed by atoms with van der Waals surface area (Å²) in [6, 6.07) is 22.0. The molecule has 1 aliphatic rings. The first kappa shape index (κ1) is 26.8. The van der Waals surface area contributed by atoms with E-state index in [1.54, 1.807) is 28.8 Å². The molecule has 0 aliphatic carbocycles. The number of aromatic nitrogens is 3. The van der Waals surface area contributed by atoms with Gasteiger partial charge in [-0.15, -0.1) is 5.10 Å². The van der Waals surface area contributed by atoms with E-state index in [9.17, 15) is 13.2 Å². The number of hydrogen-bond donors (Lipinski definition) is 2. The van der Waals surface area contributed by atoms with Gasteiger partial charge in [0.05, 0.1) is 29.4 Å². The number of nitrogens with zero attached hydrogens (tertiary/aromatic N) is 3. The van der Waals surface area contributed by atoms with Crippen molar-refractivity contribution in [1.82, 2.24) is 14.6 Å². The van der Waals surface area contributed by atoms with Gasteiger partial charge < -0.3 is 15.4 Å². The Balaban J connectivity index is 1.18. The number of sulfone groups is 1. The number of pyridine rings is 1. The van der Waals surface area contributed by atoms with Gasteiger partial charge in [-0.25, -0.2) is 12.9 Å². The number of nitrogens with one attached hydrogen (secondary N) is 2. The average Bonchev–Trinajstić information content (AvgIpc) is 3.51. The molecule has 5 aromatic rings. The van der Waals surface area contributed by atoms with Crippen LogP contribution < -0.4 is 15.4 Å². The average molecular weight is 588 g/mol. The van der Waals surface area contributed by atoms with Gasteiger partial charge in [0.2, 0.25) is 11.9 Å². The van der Waals surface area contributed by atoms with Crippen LogP contribution in [0.4, 0.5) is 17.3 Å². The van der Waals surface area contributed by atoms with Gasteiger partial charge in [-0.1, -0.05) is 35.9 Å². The molecule has 1 atom stereocenters. The molecular formula is C30H26ClN5O4S. The second-order valence-corrected chi connectivity index (χ2v) is 12.4. The SMILES string of the molecule is COc1cc2c(cc1Nc1nc3ccc(-c4ccc(NC(=O)[C@H](C)c5ccc(Cl)cc5)cc4)cn3n1)CCS2(=O)=O. The molecular weight excluding hydrogens is 562 g/mol. The number of aryl methyl sites for hydroxylation is 1. The molecule has 1 aliphatic heterocycles. The molecule has 0 fully saturated rings. The molecule has 3 aromatic carbocycles. The summed E-state index contributed by atoms with van der Waals surface area (Å²) < 4.78 is 31.7. The Morgan fingerprint density at radius 2 is 1.76 bits per heavy atom. The van der Waals surface area contributed by atoms with Crippen LogP contribution in [-0.2, 0) is 21.1 Å². The molecule has 2 aromatic heterocycles. The van der Waals surface area contributed by atoms with E-state index in [-0.39, 0.29) is 17.6 Å². The Kier molecular flexibility index (Phi) is 6.88. The zero-order chi connectivity index (χ0) is 28.7. The Morgan fingerprint density at radius 1 is 1.02 bits per heavy atom. The van der Waals surface area contributed by atoms with Gasteiger partial charge >= 0.3 is 0 Å². The summed E-state index contributed by atoms with van der Waals surface area (Å²) in [6.45, 7) is 1.86. The van der Waals surface area contributed by atoms with E-state index in [1.807, 2.05) is 61.7 Å². The van der Waals surface area contributed by atoms with Gasteiger partial charge in [0.1, 0.15) is 5.75 Å². The fourth-order valence-electron chi connectivity index (χ4n) is 4.84. The predicted molar refractivity (Wildman–Crippen MR) is 159 cm³/mol. The smallest absolute Gasteiger partial charge is 0.247 e. The molecule has 6 rings (SSSR count). The summed E-state index contributed by atoms with van der Waals surface area (Å²) in [6.07, 6.45) is 2.33. The lowest BCUT2D eigenvalue weighted by Gasteiger charge is -2.13. The third-order valence-corrected chi connectivity index (χ3v) is 9.23. The number of rotatable bonds is 7. The number of hydrogen-bond acceptors (Lipinski definition) is 7. The van der Waals surface area contributed by atoms with Crippen LogP contribution in [0.2, 0.25) is 5.02 Å². The minimum absolute atomic E-state index is 0.0974. The second kappa shape index (κ2) is 10.5. The van der Waals surface area contributed by atoms with E-state index in [1.165, 1.54) is 7.11 Å². The van der Waals surface area contributed by atoms with E-state index in [0.717, 1.165) is 22.3 Å².